The zero-order chi connectivity index (χ0) is 16.0. The number of H-pyrrole nitrogens is 1. The number of aromatic nitrogens is 5. The SMILES string of the molecule is Cc1cnc(Cn2c(=O)[nH]c3c(Br)nc(N)nc32)c(C)c1Br. The maximum atomic E-state index is 12.2. The predicted octanol–water partition coefficient (Wildman–Crippen LogP) is 2.29. The van der Waals surface area contributed by atoms with Crippen LogP contribution in [-0.2, 0) is 6.54 Å². The molecule has 0 radical (unpaired) electrons. The maximum absolute atomic E-state index is 12.2. The molecule has 0 amide bonds. The number of imidazole rings is 1. The van der Waals surface area contributed by atoms with Crippen molar-refractivity contribution in [2.24, 2.45) is 0 Å². The molecule has 9 heteroatoms. The van der Waals surface area contributed by atoms with Crippen molar-refractivity contribution in [3.63, 3.8) is 0 Å². The molecule has 3 rings (SSSR count). The molecule has 3 aromatic heterocycles. The number of aryl methyl sites for hydroxylation is 1. The number of hydrogen-bond acceptors (Lipinski definition) is 5. The monoisotopic (exact) mass is 426 g/mol. The molecule has 0 aliphatic heterocycles. The van der Waals surface area contributed by atoms with Gasteiger partial charge in [-0.3, -0.25) is 9.55 Å². The summed E-state index contributed by atoms with van der Waals surface area (Å²) in [5.41, 5.74) is 9.16. The largest absolute Gasteiger partial charge is 0.368 e. The van der Waals surface area contributed by atoms with Gasteiger partial charge in [0.05, 0.1) is 12.2 Å². The van der Waals surface area contributed by atoms with Crippen molar-refractivity contribution < 1.29 is 0 Å². The van der Waals surface area contributed by atoms with Crippen LogP contribution in [0, 0.1) is 13.8 Å². The number of halogens is 2. The van der Waals surface area contributed by atoms with Gasteiger partial charge < -0.3 is 10.7 Å². The van der Waals surface area contributed by atoms with E-state index in [1.807, 2.05) is 13.8 Å². The number of nitrogens with zero attached hydrogens (tertiary/aromatic N) is 4. The Balaban J connectivity index is 2.18. The first-order valence-corrected chi connectivity index (χ1v) is 7.99. The third-order valence-corrected chi connectivity index (χ3v) is 5.22. The minimum Gasteiger partial charge on any atom is -0.368 e. The summed E-state index contributed by atoms with van der Waals surface area (Å²) in [7, 11) is 0. The van der Waals surface area contributed by atoms with Gasteiger partial charge in [0.25, 0.3) is 0 Å². The summed E-state index contributed by atoms with van der Waals surface area (Å²) in [6, 6.07) is 0. The highest BCUT2D eigenvalue weighted by Crippen LogP contribution is 2.24. The van der Waals surface area contributed by atoms with Crippen molar-refractivity contribution in [3.05, 3.63) is 42.6 Å². The Kier molecular flexibility index (Phi) is 3.77. The lowest BCUT2D eigenvalue weighted by Crippen LogP contribution is -2.19. The first kappa shape index (κ1) is 15.2. The third kappa shape index (κ3) is 2.44. The van der Waals surface area contributed by atoms with Gasteiger partial charge in [-0.15, -0.1) is 0 Å². The fourth-order valence-corrected chi connectivity index (χ4v) is 3.01. The molecular weight excluding hydrogens is 416 g/mol. The summed E-state index contributed by atoms with van der Waals surface area (Å²) in [4.78, 5) is 27.5. The molecule has 0 unspecified atom stereocenters. The van der Waals surface area contributed by atoms with E-state index in [9.17, 15) is 4.79 Å². The molecule has 0 spiro atoms. The van der Waals surface area contributed by atoms with Crippen LogP contribution >= 0.6 is 31.9 Å². The molecule has 3 aromatic rings. The minimum atomic E-state index is -0.284. The summed E-state index contributed by atoms with van der Waals surface area (Å²) < 4.78 is 2.94. The van der Waals surface area contributed by atoms with Crippen LogP contribution in [0.15, 0.2) is 20.1 Å². The van der Waals surface area contributed by atoms with E-state index >= 15 is 0 Å². The van der Waals surface area contributed by atoms with Crippen LogP contribution in [0.4, 0.5) is 5.95 Å². The second kappa shape index (κ2) is 5.47. The Morgan fingerprint density at radius 3 is 2.77 bits per heavy atom. The van der Waals surface area contributed by atoms with E-state index < -0.39 is 0 Å². The van der Waals surface area contributed by atoms with Crippen molar-refractivity contribution >= 4 is 49.0 Å². The maximum Gasteiger partial charge on any atom is 0.328 e. The second-order valence-corrected chi connectivity index (χ2v) is 6.46. The first-order chi connectivity index (χ1) is 10.4. The van der Waals surface area contributed by atoms with E-state index in [0.717, 1.165) is 21.3 Å². The number of pyridine rings is 1. The van der Waals surface area contributed by atoms with Gasteiger partial charge in [0.1, 0.15) is 10.1 Å². The van der Waals surface area contributed by atoms with Crippen LogP contribution in [0.1, 0.15) is 16.8 Å². The van der Waals surface area contributed by atoms with Crippen LogP contribution in [0.5, 0.6) is 0 Å². The summed E-state index contributed by atoms with van der Waals surface area (Å²) in [6.45, 7) is 4.22. The van der Waals surface area contributed by atoms with E-state index in [4.69, 9.17) is 5.73 Å². The number of aromatic amines is 1. The van der Waals surface area contributed by atoms with Crippen LogP contribution in [0.25, 0.3) is 11.2 Å². The van der Waals surface area contributed by atoms with Crippen molar-refractivity contribution in [2.75, 3.05) is 5.73 Å². The molecule has 0 aliphatic carbocycles. The lowest BCUT2D eigenvalue weighted by molar-refractivity contribution is 0.749. The van der Waals surface area contributed by atoms with Gasteiger partial charge in [0.2, 0.25) is 5.95 Å². The summed E-state index contributed by atoms with van der Waals surface area (Å²) in [5, 5.41) is 0. The topological polar surface area (TPSA) is 102 Å². The van der Waals surface area contributed by atoms with Crippen molar-refractivity contribution in [1.82, 2.24) is 24.5 Å². The first-order valence-electron chi connectivity index (χ1n) is 6.40. The molecule has 3 heterocycles. The molecule has 0 saturated heterocycles. The Bertz CT molecular complexity index is 946. The predicted molar refractivity (Wildman–Crippen MR) is 90.8 cm³/mol. The Hall–Kier alpha value is -1.74. The number of rotatable bonds is 2. The molecule has 114 valence electrons. The third-order valence-electron chi connectivity index (χ3n) is 3.43. The molecule has 7 nitrogen and oxygen atoms in total. The fraction of sp³-hybridized carbons (Fsp3) is 0.231. The van der Waals surface area contributed by atoms with Gasteiger partial charge in [-0.2, -0.15) is 4.98 Å². The highest BCUT2D eigenvalue weighted by molar-refractivity contribution is 9.10. The summed E-state index contributed by atoms with van der Waals surface area (Å²) in [5.74, 6) is 0.0990. The molecule has 3 N–H and O–H groups in total. The van der Waals surface area contributed by atoms with Crippen LogP contribution in [0.3, 0.4) is 0 Å². The van der Waals surface area contributed by atoms with Crippen molar-refractivity contribution in [1.29, 1.82) is 0 Å². The van der Waals surface area contributed by atoms with E-state index in [2.05, 4.69) is 51.8 Å². The Labute approximate surface area is 142 Å². The molecule has 0 aromatic carbocycles. The van der Waals surface area contributed by atoms with Gasteiger partial charge >= 0.3 is 5.69 Å². The molecule has 0 saturated carbocycles. The molecule has 0 aliphatic rings. The van der Waals surface area contributed by atoms with E-state index in [-0.39, 0.29) is 11.6 Å². The quantitative estimate of drug-likeness (QED) is 0.610. The van der Waals surface area contributed by atoms with Gasteiger partial charge in [-0.1, -0.05) is 15.9 Å². The average Bonchev–Trinajstić information content (AvgIpc) is 2.76. The van der Waals surface area contributed by atoms with E-state index in [1.54, 1.807) is 6.20 Å². The summed E-state index contributed by atoms with van der Waals surface area (Å²) >= 11 is 6.82. The van der Waals surface area contributed by atoms with Crippen LogP contribution in [0.2, 0.25) is 0 Å². The Morgan fingerprint density at radius 1 is 1.32 bits per heavy atom. The zero-order valence-electron chi connectivity index (χ0n) is 11.8. The highest BCUT2D eigenvalue weighted by Gasteiger charge is 2.15. The van der Waals surface area contributed by atoms with Crippen LogP contribution in [-0.4, -0.2) is 24.5 Å². The van der Waals surface area contributed by atoms with Crippen LogP contribution < -0.4 is 11.4 Å². The van der Waals surface area contributed by atoms with E-state index in [1.165, 1.54) is 4.57 Å². The number of nitrogens with two attached hydrogens (primary N) is 1. The van der Waals surface area contributed by atoms with Gasteiger partial charge in [-0.25, -0.2) is 9.78 Å². The molecular formula is C13H12Br2N6O. The number of anilines is 1. The standard InChI is InChI=1S/C13H12Br2N6O/c1-5-3-17-7(6(2)8(5)14)4-21-11-9(18-13(21)22)10(15)19-12(16)20-11/h3H,4H2,1-2H3,(H,18,22)(H2,16,19,20). The minimum absolute atomic E-state index is 0.0990. The Morgan fingerprint density at radius 2 is 2.05 bits per heavy atom. The normalized spacial score (nSPS) is 11.3. The van der Waals surface area contributed by atoms with Gasteiger partial charge in [0.15, 0.2) is 5.65 Å². The summed E-state index contributed by atoms with van der Waals surface area (Å²) in [6.07, 6.45) is 1.77. The second-order valence-electron chi connectivity index (χ2n) is 4.91. The van der Waals surface area contributed by atoms with E-state index in [0.29, 0.717) is 22.3 Å². The fourth-order valence-electron chi connectivity index (χ4n) is 2.22. The smallest absolute Gasteiger partial charge is 0.328 e. The number of fused-ring (bicyclic) bond motifs is 1. The molecule has 0 atom stereocenters. The molecule has 0 fully saturated rings. The number of hydrogen-bond donors (Lipinski definition) is 2. The lowest BCUT2D eigenvalue weighted by Gasteiger charge is -2.09. The van der Waals surface area contributed by atoms with Gasteiger partial charge in [0, 0.05) is 10.7 Å². The van der Waals surface area contributed by atoms with Gasteiger partial charge in [-0.05, 0) is 40.9 Å². The molecule has 22 heavy (non-hydrogen) atoms. The number of nitrogens with one attached hydrogen (secondary N) is 1. The van der Waals surface area contributed by atoms with Crippen molar-refractivity contribution in [2.45, 2.75) is 20.4 Å². The average molecular weight is 428 g/mol. The number of nitrogen functional groups attached to an aromatic ring is 1. The zero-order valence-corrected chi connectivity index (χ0v) is 15.0. The van der Waals surface area contributed by atoms with Crippen molar-refractivity contribution in [3.8, 4) is 0 Å². The highest BCUT2D eigenvalue weighted by atomic mass is 79.9. The lowest BCUT2D eigenvalue weighted by atomic mass is 10.1. The molecule has 0 bridgehead atoms.